The van der Waals surface area contributed by atoms with E-state index in [4.69, 9.17) is 4.98 Å². The van der Waals surface area contributed by atoms with Crippen molar-refractivity contribution in [2.24, 2.45) is 0 Å². The second-order valence-electron chi connectivity index (χ2n) is 5.30. The average Bonchev–Trinajstić information content (AvgIpc) is 2.97. The molecule has 0 unspecified atom stereocenters. The van der Waals surface area contributed by atoms with Crippen LogP contribution in [0.15, 0.2) is 76.7 Å². The monoisotopic (exact) mass is 381 g/mol. The molecule has 2 heterocycles. The fourth-order valence-corrected chi connectivity index (χ4v) is 4.14. The molecule has 0 radical (unpaired) electrons. The molecule has 0 saturated carbocycles. The Hall–Kier alpha value is -2.04. The Bertz CT molecular complexity index is 958. The lowest BCUT2D eigenvalue weighted by molar-refractivity contribution is -0.662. The van der Waals surface area contributed by atoms with E-state index in [1.807, 2.05) is 18.2 Å². The van der Waals surface area contributed by atoms with Crippen LogP contribution in [0.5, 0.6) is 0 Å². The number of hydrogen-bond acceptors (Lipinski definition) is 2. The third kappa shape index (κ3) is 2.92. The second kappa shape index (κ2) is 6.22. The van der Waals surface area contributed by atoms with E-state index in [0.717, 1.165) is 26.6 Å². The van der Waals surface area contributed by atoms with Gasteiger partial charge in [-0.2, -0.15) is 4.57 Å². The van der Waals surface area contributed by atoms with Crippen molar-refractivity contribution >= 4 is 38.2 Å². The molecule has 0 aliphatic carbocycles. The molecule has 0 aliphatic rings. The number of benzene rings is 2. The summed E-state index contributed by atoms with van der Waals surface area (Å²) < 4.78 is 3.33. The predicted octanol–water partition coefficient (Wildman–Crippen LogP) is 5.06. The zero-order valence-electron chi connectivity index (χ0n) is 12.3. The predicted molar refractivity (Wildman–Crippen MR) is 98.5 cm³/mol. The largest absolute Gasteiger partial charge is 0.233 e. The highest BCUT2D eigenvalue weighted by atomic mass is 79.9. The van der Waals surface area contributed by atoms with Crippen molar-refractivity contribution in [1.82, 2.24) is 4.98 Å². The normalized spacial score (nSPS) is 11.0. The van der Waals surface area contributed by atoms with Crippen LogP contribution in [0.1, 0.15) is 5.69 Å². The van der Waals surface area contributed by atoms with Gasteiger partial charge in [0.05, 0.1) is 0 Å². The summed E-state index contributed by atoms with van der Waals surface area (Å²) in [7, 11) is 0. The maximum atomic E-state index is 4.83. The summed E-state index contributed by atoms with van der Waals surface area (Å²) in [5, 5.41) is 2.29. The molecule has 2 aromatic carbocycles. The van der Waals surface area contributed by atoms with Gasteiger partial charge in [-0.05, 0) is 28.1 Å². The van der Waals surface area contributed by atoms with Crippen molar-refractivity contribution in [2.45, 2.75) is 6.54 Å². The van der Waals surface area contributed by atoms with Gasteiger partial charge < -0.3 is 0 Å². The Balaban J connectivity index is 1.73. The van der Waals surface area contributed by atoms with Crippen molar-refractivity contribution < 1.29 is 4.57 Å². The van der Waals surface area contributed by atoms with E-state index in [1.165, 1.54) is 10.9 Å². The smallest absolute Gasteiger partial charge is 0.212 e. The van der Waals surface area contributed by atoms with Gasteiger partial charge in [-0.3, -0.25) is 0 Å². The van der Waals surface area contributed by atoms with Crippen molar-refractivity contribution in [3.05, 3.63) is 82.4 Å². The van der Waals surface area contributed by atoms with E-state index in [-0.39, 0.29) is 0 Å². The first-order chi connectivity index (χ1) is 11.3. The fourth-order valence-electron chi connectivity index (χ4n) is 2.65. The highest BCUT2D eigenvalue weighted by Gasteiger charge is 2.16. The van der Waals surface area contributed by atoms with Gasteiger partial charge in [-0.25, -0.2) is 4.98 Å². The summed E-state index contributed by atoms with van der Waals surface area (Å²) in [5.74, 6) is 0. The van der Waals surface area contributed by atoms with E-state index >= 15 is 0 Å². The van der Waals surface area contributed by atoms with Crippen molar-refractivity contribution in [2.75, 3.05) is 0 Å². The minimum Gasteiger partial charge on any atom is -0.233 e. The summed E-state index contributed by atoms with van der Waals surface area (Å²) in [6.45, 7) is 0.755. The van der Waals surface area contributed by atoms with E-state index in [0.29, 0.717) is 0 Å². The lowest BCUT2D eigenvalue weighted by atomic mass is 10.2. The standard InChI is InChI=1S/C19H14BrN2S/c20-18-16(21-19(23-18)15-8-2-1-3-9-15)13-22-12-6-10-14-7-4-5-11-17(14)22/h1-12H,13H2/q+1. The minimum atomic E-state index is 0.755. The van der Waals surface area contributed by atoms with E-state index in [2.05, 4.69) is 75.2 Å². The molecule has 0 amide bonds. The molecule has 0 atom stereocenters. The van der Waals surface area contributed by atoms with Crippen molar-refractivity contribution in [3.8, 4) is 10.6 Å². The molecule has 4 heteroatoms. The molecule has 4 aromatic rings. The van der Waals surface area contributed by atoms with Crippen LogP contribution in [0, 0.1) is 0 Å². The Morgan fingerprint density at radius 3 is 2.52 bits per heavy atom. The molecule has 0 fully saturated rings. The zero-order valence-corrected chi connectivity index (χ0v) is 14.7. The maximum Gasteiger partial charge on any atom is 0.212 e. The lowest BCUT2D eigenvalue weighted by Gasteiger charge is -2.00. The summed E-state index contributed by atoms with van der Waals surface area (Å²) in [6, 6.07) is 23.0. The van der Waals surface area contributed by atoms with Gasteiger partial charge in [0, 0.05) is 23.1 Å². The highest BCUT2D eigenvalue weighted by Crippen LogP contribution is 2.31. The topological polar surface area (TPSA) is 16.8 Å². The van der Waals surface area contributed by atoms with E-state index in [1.54, 1.807) is 11.3 Å². The number of hydrogen-bond donors (Lipinski definition) is 0. The van der Waals surface area contributed by atoms with Gasteiger partial charge >= 0.3 is 0 Å². The average molecular weight is 382 g/mol. The van der Waals surface area contributed by atoms with Gasteiger partial charge in [0.1, 0.15) is 14.5 Å². The SMILES string of the molecule is Brc1sc(-c2ccccc2)nc1C[n+]1cccc2ccccc21. The molecule has 2 aromatic heterocycles. The summed E-state index contributed by atoms with van der Waals surface area (Å²) in [5.41, 5.74) is 3.44. The molecule has 112 valence electrons. The molecule has 0 bridgehead atoms. The summed E-state index contributed by atoms with van der Waals surface area (Å²) in [6.07, 6.45) is 2.11. The highest BCUT2D eigenvalue weighted by molar-refractivity contribution is 9.11. The van der Waals surface area contributed by atoms with E-state index < -0.39 is 0 Å². The van der Waals surface area contributed by atoms with Crippen molar-refractivity contribution in [3.63, 3.8) is 0 Å². The maximum absolute atomic E-state index is 4.83. The van der Waals surface area contributed by atoms with Crippen LogP contribution in [0.2, 0.25) is 0 Å². The molecule has 4 rings (SSSR count). The first kappa shape index (κ1) is 14.5. The number of thiazole rings is 1. The number of halogens is 1. The van der Waals surface area contributed by atoms with Crippen LogP contribution < -0.4 is 4.57 Å². The van der Waals surface area contributed by atoms with Gasteiger partial charge in [0.2, 0.25) is 5.52 Å². The van der Waals surface area contributed by atoms with Crippen LogP contribution in [-0.4, -0.2) is 4.98 Å². The van der Waals surface area contributed by atoms with Crippen LogP contribution in [0.3, 0.4) is 0 Å². The molecule has 0 aliphatic heterocycles. The number of pyridine rings is 1. The number of nitrogens with zero attached hydrogens (tertiary/aromatic N) is 2. The van der Waals surface area contributed by atoms with Crippen LogP contribution in [0.25, 0.3) is 21.5 Å². The third-order valence-corrected chi connectivity index (χ3v) is 5.66. The van der Waals surface area contributed by atoms with Crippen LogP contribution >= 0.6 is 27.3 Å². The summed E-state index contributed by atoms with van der Waals surface area (Å²) >= 11 is 5.36. The molecule has 0 spiro atoms. The van der Waals surface area contributed by atoms with E-state index in [9.17, 15) is 0 Å². The Labute approximate surface area is 147 Å². The number of para-hydroxylation sites is 1. The molecule has 2 nitrogen and oxygen atoms in total. The molecular formula is C19H14BrN2S+. The Morgan fingerprint density at radius 2 is 1.65 bits per heavy atom. The molecule has 23 heavy (non-hydrogen) atoms. The fraction of sp³-hybridized carbons (Fsp3) is 0.0526. The van der Waals surface area contributed by atoms with Gasteiger partial charge in [0.15, 0.2) is 12.7 Å². The molecular weight excluding hydrogens is 368 g/mol. The Morgan fingerprint density at radius 1 is 0.913 bits per heavy atom. The number of aromatic nitrogens is 2. The van der Waals surface area contributed by atoms with Gasteiger partial charge in [-0.1, -0.05) is 42.5 Å². The first-order valence-electron chi connectivity index (χ1n) is 7.39. The second-order valence-corrected chi connectivity index (χ2v) is 7.62. The third-order valence-electron chi connectivity index (χ3n) is 3.78. The minimum absolute atomic E-state index is 0.755. The van der Waals surface area contributed by atoms with Crippen LogP contribution in [0.4, 0.5) is 0 Å². The van der Waals surface area contributed by atoms with Crippen molar-refractivity contribution in [1.29, 1.82) is 0 Å². The zero-order chi connectivity index (χ0) is 15.6. The quantitative estimate of drug-likeness (QED) is 0.453. The first-order valence-corrected chi connectivity index (χ1v) is 9.00. The van der Waals surface area contributed by atoms with Crippen LogP contribution in [-0.2, 0) is 6.54 Å². The lowest BCUT2D eigenvalue weighted by Crippen LogP contribution is -2.34. The van der Waals surface area contributed by atoms with Gasteiger partial charge in [0.25, 0.3) is 0 Å². The Kier molecular flexibility index (Phi) is 3.93. The number of rotatable bonds is 3. The summed E-state index contributed by atoms with van der Waals surface area (Å²) in [4.78, 5) is 4.83. The number of fused-ring (bicyclic) bond motifs is 1. The molecule has 0 saturated heterocycles. The molecule has 0 N–H and O–H groups in total. The van der Waals surface area contributed by atoms with Gasteiger partial charge in [-0.15, -0.1) is 11.3 Å².